The third kappa shape index (κ3) is 4.30. The van der Waals surface area contributed by atoms with Gasteiger partial charge in [-0.2, -0.15) is 0 Å². The van der Waals surface area contributed by atoms with Gasteiger partial charge in [0.2, 0.25) is 0 Å². The van der Waals surface area contributed by atoms with Crippen molar-refractivity contribution in [3.05, 3.63) is 70.4 Å². The number of carbonyl (C=O) groups excluding carboxylic acids is 1. The molecule has 0 spiro atoms. The average Bonchev–Trinajstić information content (AvgIpc) is 3.07. The van der Waals surface area contributed by atoms with Gasteiger partial charge < -0.3 is 14.6 Å². The lowest BCUT2D eigenvalue weighted by Gasteiger charge is -2.04. The van der Waals surface area contributed by atoms with E-state index in [9.17, 15) is 4.79 Å². The number of hydrogen-bond acceptors (Lipinski definition) is 4. The number of benzene rings is 2. The Hall–Kier alpha value is -3.23. The molecule has 0 aliphatic rings. The molecule has 0 saturated heterocycles. The first-order valence-corrected chi connectivity index (χ1v) is 8.60. The van der Waals surface area contributed by atoms with Gasteiger partial charge in [0.1, 0.15) is 22.8 Å². The van der Waals surface area contributed by atoms with E-state index in [4.69, 9.17) is 20.9 Å². The summed E-state index contributed by atoms with van der Waals surface area (Å²) in [5, 5.41) is 7.26. The number of amides is 1. The van der Waals surface area contributed by atoms with Crippen LogP contribution in [-0.4, -0.2) is 24.7 Å². The molecule has 6 heteroatoms. The first-order valence-electron chi connectivity index (χ1n) is 8.22. The summed E-state index contributed by atoms with van der Waals surface area (Å²) < 4.78 is 10.3. The lowest BCUT2D eigenvalue weighted by Crippen LogP contribution is -2.24. The van der Waals surface area contributed by atoms with E-state index in [1.807, 2.05) is 36.4 Å². The third-order valence-corrected chi connectivity index (χ3v) is 4.21. The minimum atomic E-state index is -0.312. The zero-order chi connectivity index (χ0) is 19.2. The smallest absolute Gasteiger partial charge is 0.257 e. The maximum absolute atomic E-state index is 12.6. The molecule has 1 heterocycles. The molecule has 0 fully saturated rings. The molecule has 1 aromatic heterocycles. The lowest BCUT2D eigenvalue weighted by molar-refractivity contribution is 0.0957. The fourth-order valence-electron chi connectivity index (χ4n) is 2.51. The number of aryl methyl sites for hydroxylation is 1. The average molecular weight is 381 g/mol. The van der Waals surface area contributed by atoms with Gasteiger partial charge in [0.25, 0.3) is 5.91 Å². The van der Waals surface area contributed by atoms with Gasteiger partial charge in [-0.3, -0.25) is 4.79 Å². The standard InChI is InChI=1S/C21H17ClN2O3/c1-14-19(20(24-27-14)17-7-3-4-8-18(17)22)21(25)23-13-5-6-15-9-11-16(26-2)12-10-15/h3-4,7-12H,13H2,1-2H3,(H,23,25). The molecular weight excluding hydrogens is 364 g/mol. The van der Waals surface area contributed by atoms with Crippen LogP contribution in [0.15, 0.2) is 53.1 Å². The number of methoxy groups -OCH3 is 1. The number of carbonyl (C=O) groups is 1. The van der Waals surface area contributed by atoms with Gasteiger partial charge in [-0.1, -0.05) is 46.8 Å². The van der Waals surface area contributed by atoms with Crippen LogP contribution in [0.4, 0.5) is 0 Å². The van der Waals surface area contributed by atoms with Crippen LogP contribution in [-0.2, 0) is 0 Å². The molecule has 1 amide bonds. The summed E-state index contributed by atoms with van der Waals surface area (Å²) in [7, 11) is 1.61. The summed E-state index contributed by atoms with van der Waals surface area (Å²) in [4.78, 5) is 12.6. The highest BCUT2D eigenvalue weighted by Crippen LogP contribution is 2.30. The Bertz CT molecular complexity index is 1010. The summed E-state index contributed by atoms with van der Waals surface area (Å²) >= 11 is 6.22. The van der Waals surface area contributed by atoms with Crippen LogP contribution in [0.1, 0.15) is 21.7 Å². The Morgan fingerprint density at radius 3 is 2.67 bits per heavy atom. The van der Waals surface area contributed by atoms with E-state index in [-0.39, 0.29) is 12.5 Å². The molecular formula is C21H17ClN2O3. The third-order valence-electron chi connectivity index (χ3n) is 3.88. The van der Waals surface area contributed by atoms with Crippen LogP contribution < -0.4 is 10.1 Å². The van der Waals surface area contributed by atoms with E-state index in [1.54, 1.807) is 26.2 Å². The number of halogens is 1. The van der Waals surface area contributed by atoms with Crippen LogP contribution in [0.5, 0.6) is 5.75 Å². The summed E-state index contributed by atoms with van der Waals surface area (Å²) in [6.07, 6.45) is 0. The second-order valence-electron chi connectivity index (χ2n) is 5.66. The van der Waals surface area contributed by atoms with Crippen molar-refractivity contribution in [2.45, 2.75) is 6.92 Å². The van der Waals surface area contributed by atoms with E-state index < -0.39 is 0 Å². The molecule has 0 radical (unpaired) electrons. The van der Waals surface area contributed by atoms with Gasteiger partial charge in [0.05, 0.1) is 18.7 Å². The van der Waals surface area contributed by atoms with Crippen molar-refractivity contribution in [3.8, 4) is 28.8 Å². The predicted molar refractivity (Wildman–Crippen MR) is 104 cm³/mol. The molecule has 136 valence electrons. The summed E-state index contributed by atoms with van der Waals surface area (Å²) in [5.41, 5.74) is 2.25. The van der Waals surface area contributed by atoms with Gasteiger partial charge in [-0.15, -0.1) is 0 Å². The van der Waals surface area contributed by atoms with E-state index >= 15 is 0 Å². The number of rotatable bonds is 4. The monoisotopic (exact) mass is 380 g/mol. The van der Waals surface area contributed by atoms with Crippen molar-refractivity contribution in [1.82, 2.24) is 10.5 Å². The second-order valence-corrected chi connectivity index (χ2v) is 6.06. The van der Waals surface area contributed by atoms with Crippen molar-refractivity contribution in [2.24, 2.45) is 0 Å². The van der Waals surface area contributed by atoms with Crippen LogP contribution in [0.3, 0.4) is 0 Å². The minimum Gasteiger partial charge on any atom is -0.497 e. The quantitative estimate of drug-likeness (QED) is 0.692. The van der Waals surface area contributed by atoms with E-state index in [0.29, 0.717) is 27.6 Å². The molecule has 0 unspecified atom stereocenters. The fraction of sp³-hybridized carbons (Fsp3) is 0.143. The number of hydrogen-bond donors (Lipinski definition) is 1. The van der Waals surface area contributed by atoms with Crippen LogP contribution in [0.2, 0.25) is 5.02 Å². The number of aromatic nitrogens is 1. The highest BCUT2D eigenvalue weighted by molar-refractivity contribution is 6.33. The van der Waals surface area contributed by atoms with Gasteiger partial charge in [0, 0.05) is 11.1 Å². The van der Waals surface area contributed by atoms with Crippen molar-refractivity contribution in [2.75, 3.05) is 13.7 Å². The van der Waals surface area contributed by atoms with Crippen molar-refractivity contribution in [3.63, 3.8) is 0 Å². The van der Waals surface area contributed by atoms with Gasteiger partial charge in [-0.05, 0) is 37.3 Å². The number of nitrogens with zero attached hydrogens (tertiary/aromatic N) is 1. The second kappa shape index (κ2) is 8.43. The van der Waals surface area contributed by atoms with Crippen molar-refractivity contribution in [1.29, 1.82) is 0 Å². The number of ether oxygens (including phenoxy) is 1. The highest BCUT2D eigenvalue weighted by atomic mass is 35.5. The molecule has 5 nitrogen and oxygen atoms in total. The topological polar surface area (TPSA) is 64.4 Å². The molecule has 3 rings (SSSR count). The Morgan fingerprint density at radius 1 is 1.22 bits per heavy atom. The summed E-state index contributed by atoms with van der Waals surface area (Å²) in [6, 6.07) is 14.5. The van der Waals surface area contributed by atoms with Crippen molar-refractivity contribution >= 4 is 17.5 Å². The van der Waals surface area contributed by atoms with Gasteiger partial charge in [-0.25, -0.2) is 0 Å². The maximum Gasteiger partial charge on any atom is 0.257 e. The van der Waals surface area contributed by atoms with Gasteiger partial charge in [0.15, 0.2) is 0 Å². The first-order chi connectivity index (χ1) is 13.1. The van der Waals surface area contributed by atoms with E-state index in [0.717, 1.165) is 11.3 Å². The fourth-order valence-corrected chi connectivity index (χ4v) is 2.74. The predicted octanol–water partition coefficient (Wildman–Crippen LogP) is 4.09. The SMILES string of the molecule is COc1ccc(C#CCNC(=O)c2c(-c3ccccc3Cl)noc2C)cc1. The molecule has 0 aliphatic heterocycles. The first kappa shape index (κ1) is 18.6. The molecule has 0 saturated carbocycles. The zero-order valence-corrected chi connectivity index (χ0v) is 15.6. The Balaban J connectivity index is 1.71. The Labute approximate surface area is 162 Å². The summed E-state index contributed by atoms with van der Waals surface area (Å²) in [6.45, 7) is 1.88. The molecule has 0 bridgehead atoms. The zero-order valence-electron chi connectivity index (χ0n) is 14.9. The normalized spacial score (nSPS) is 10.0. The Kier molecular flexibility index (Phi) is 5.80. The number of nitrogens with one attached hydrogen (secondary N) is 1. The maximum atomic E-state index is 12.6. The highest BCUT2D eigenvalue weighted by Gasteiger charge is 2.22. The van der Waals surface area contributed by atoms with Crippen molar-refractivity contribution < 1.29 is 14.1 Å². The minimum absolute atomic E-state index is 0.192. The molecule has 0 aliphatic carbocycles. The molecule has 0 atom stereocenters. The summed E-state index contributed by atoms with van der Waals surface area (Å²) in [5.74, 6) is 6.79. The lowest BCUT2D eigenvalue weighted by atomic mass is 10.1. The molecule has 1 N–H and O–H groups in total. The van der Waals surface area contributed by atoms with E-state index in [1.165, 1.54) is 0 Å². The van der Waals surface area contributed by atoms with Crippen LogP contribution in [0.25, 0.3) is 11.3 Å². The molecule has 27 heavy (non-hydrogen) atoms. The largest absolute Gasteiger partial charge is 0.497 e. The van der Waals surface area contributed by atoms with Crippen LogP contribution in [0, 0.1) is 18.8 Å². The molecule has 3 aromatic rings. The molecule has 2 aromatic carbocycles. The van der Waals surface area contributed by atoms with E-state index in [2.05, 4.69) is 22.3 Å². The van der Waals surface area contributed by atoms with Crippen LogP contribution >= 0.6 is 11.6 Å². The van der Waals surface area contributed by atoms with Gasteiger partial charge >= 0.3 is 0 Å². The Morgan fingerprint density at radius 2 is 1.96 bits per heavy atom.